The quantitative estimate of drug-likeness (QED) is 0.796. The molecule has 0 spiro atoms. The van der Waals surface area contributed by atoms with Gasteiger partial charge in [0.15, 0.2) is 9.84 Å². The molecule has 7 heteroatoms. The van der Waals surface area contributed by atoms with Gasteiger partial charge in [-0.1, -0.05) is 6.07 Å². The van der Waals surface area contributed by atoms with Gasteiger partial charge in [-0.05, 0) is 56.7 Å². The zero-order valence-electron chi connectivity index (χ0n) is 14.5. The van der Waals surface area contributed by atoms with E-state index in [9.17, 15) is 18.3 Å². The number of phenols is 1. The van der Waals surface area contributed by atoms with E-state index in [0.29, 0.717) is 0 Å². The number of carbonyl (C=O) groups excluding carboxylic acids is 1. The number of hydrogen-bond acceptors (Lipinski definition) is 5. The lowest BCUT2D eigenvalue weighted by molar-refractivity contribution is 0.102. The Morgan fingerprint density at radius 3 is 2.40 bits per heavy atom. The molecule has 0 fully saturated rings. The lowest BCUT2D eigenvalue weighted by Gasteiger charge is -2.15. The highest BCUT2D eigenvalue weighted by Crippen LogP contribution is 2.28. The van der Waals surface area contributed by atoms with Crippen molar-refractivity contribution in [1.29, 1.82) is 0 Å². The van der Waals surface area contributed by atoms with Gasteiger partial charge in [0.1, 0.15) is 11.5 Å². The molecule has 134 valence electrons. The fourth-order valence-corrected chi connectivity index (χ4v) is 2.86. The van der Waals surface area contributed by atoms with Crippen molar-refractivity contribution in [2.45, 2.75) is 31.8 Å². The van der Waals surface area contributed by atoms with Gasteiger partial charge in [-0.25, -0.2) is 8.42 Å². The molecule has 25 heavy (non-hydrogen) atoms. The Kier molecular flexibility index (Phi) is 5.37. The van der Waals surface area contributed by atoms with Gasteiger partial charge in [0.2, 0.25) is 0 Å². The third-order valence-electron chi connectivity index (χ3n) is 3.39. The summed E-state index contributed by atoms with van der Waals surface area (Å²) in [5.41, 5.74) is 1.16. The third kappa shape index (κ3) is 4.73. The van der Waals surface area contributed by atoms with E-state index in [1.165, 1.54) is 24.3 Å². The molecule has 2 rings (SSSR count). The molecule has 0 atom stereocenters. The van der Waals surface area contributed by atoms with E-state index in [0.717, 1.165) is 11.8 Å². The zero-order chi connectivity index (χ0) is 18.8. The molecule has 0 saturated carbocycles. The van der Waals surface area contributed by atoms with Gasteiger partial charge in [-0.15, -0.1) is 0 Å². The minimum Gasteiger partial charge on any atom is -0.506 e. The van der Waals surface area contributed by atoms with Gasteiger partial charge in [-0.2, -0.15) is 0 Å². The van der Waals surface area contributed by atoms with Crippen LogP contribution < -0.4 is 10.1 Å². The Balaban J connectivity index is 2.44. The molecule has 2 N–H and O–H groups in total. The lowest BCUT2D eigenvalue weighted by Crippen LogP contribution is -2.16. The van der Waals surface area contributed by atoms with Crippen molar-refractivity contribution in [3.8, 4) is 11.5 Å². The van der Waals surface area contributed by atoms with Gasteiger partial charge in [-0.3, -0.25) is 4.79 Å². The predicted molar refractivity (Wildman–Crippen MR) is 96.1 cm³/mol. The molecule has 0 unspecified atom stereocenters. The van der Waals surface area contributed by atoms with Crippen LogP contribution in [0.3, 0.4) is 0 Å². The van der Waals surface area contributed by atoms with E-state index in [2.05, 4.69) is 5.32 Å². The molecular weight excluding hydrogens is 342 g/mol. The molecule has 0 aliphatic heterocycles. The number of sulfone groups is 1. The van der Waals surface area contributed by atoms with Crippen LogP contribution in [0.25, 0.3) is 0 Å². The number of rotatable bonds is 5. The highest BCUT2D eigenvalue weighted by atomic mass is 32.2. The second-order valence-electron chi connectivity index (χ2n) is 6.07. The molecule has 0 aliphatic carbocycles. The van der Waals surface area contributed by atoms with Crippen molar-refractivity contribution in [2.24, 2.45) is 0 Å². The topological polar surface area (TPSA) is 92.7 Å². The van der Waals surface area contributed by atoms with E-state index < -0.39 is 15.7 Å². The van der Waals surface area contributed by atoms with Gasteiger partial charge in [0.25, 0.3) is 5.91 Å². The molecule has 1 amide bonds. The summed E-state index contributed by atoms with van der Waals surface area (Å²) in [6.45, 7) is 5.42. The van der Waals surface area contributed by atoms with Gasteiger partial charge >= 0.3 is 0 Å². The van der Waals surface area contributed by atoms with E-state index in [-0.39, 0.29) is 33.7 Å². The maximum atomic E-state index is 12.6. The van der Waals surface area contributed by atoms with Crippen molar-refractivity contribution >= 4 is 21.4 Å². The fraction of sp³-hybridized carbons (Fsp3) is 0.278. The SMILES string of the molecule is Cc1ccc(NC(=O)c2cc(S(C)(=O)=O)ccc2OC(C)C)c(O)c1. The van der Waals surface area contributed by atoms with E-state index in [1.807, 2.05) is 6.92 Å². The summed E-state index contributed by atoms with van der Waals surface area (Å²) in [5.74, 6) is -0.370. The van der Waals surface area contributed by atoms with Gasteiger partial charge in [0.05, 0.1) is 22.3 Å². The molecule has 6 nitrogen and oxygen atoms in total. The average molecular weight is 363 g/mol. The van der Waals surface area contributed by atoms with Gasteiger partial charge < -0.3 is 15.2 Å². The minimum atomic E-state index is -3.48. The van der Waals surface area contributed by atoms with E-state index in [4.69, 9.17) is 4.74 Å². The maximum absolute atomic E-state index is 12.6. The summed E-state index contributed by atoms with van der Waals surface area (Å²) in [4.78, 5) is 12.7. The van der Waals surface area contributed by atoms with E-state index in [1.54, 1.807) is 26.0 Å². The minimum absolute atomic E-state index is 0.0156. The van der Waals surface area contributed by atoms with Crippen molar-refractivity contribution in [1.82, 2.24) is 0 Å². The summed E-state index contributed by atoms with van der Waals surface area (Å²) in [5, 5.41) is 12.5. The second kappa shape index (κ2) is 7.14. The summed E-state index contributed by atoms with van der Waals surface area (Å²) in [7, 11) is -3.48. The van der Waals surface area contributed by atoms with Crippen LogP contribution in [0.5, 0.6) is 11.5 Å². The summed E-state index contributed by atoms with van der Waals surface area (Å²) < 4.78 is 29.2. The maximum Gasteiger partial charge on any atom is 0.259 e. The molecule has 0 saturated heterocycles. The highest BCUT2D eigenvalue weighted by molar-refractivity contribution is 7.90. The first kappa shape index (κ1) is 18.8. The highest BCUT2D eigenvalue weighted by Gasteiger charge is 2.19. The number of amides is 1. The number of hydrogen-bond donors (Lipinski definition) is 2. The van der Waals surface area contributed by atoms with Crippen LogP contribution in [-0.2, 0) is 9.84 Å². The van der Waals surface area contributed by atoms with Crippen LogP contribution >= 0.6 is 0 Å². The first-order valence-corrected chi connectivity index (χ1v) is 9.59. The summed E-state index contributed by atoms with van der Waals surface area (Å²) >= 11 is 0. The number of aryl methyl sites for hydroxylation is 1. The van der Waals surface area contributed by atoms with Crippen LogP contribution in [0.4, 0.5) is 5.69 Å². The average Bonchev–Trinajstić information content (AvgIpc) is 2.48. The number of nitrogens with one attached hydrogen (secondary N) is 1. The van der Waals surface area contributed by atoms with Crippen LogP contribution in [-0.4, -0.2) is 31.8 Å². The normalized spacial score (nSPS) is 11.4. The monoisotopic (exact) mass is 363 g/mol. The smallest absolute Gasteiger partial charge is 0.259 e. The number of benzene rings is 2. The second-order valence-corrected chi connectivity index (χ2v) is 8.09. The van der Waals surface area contributed by atoms with Crippen molar-refractivity contribution in [3.63, 3.8) is 0 Å². The summed E-state index contributed by atoms with van der Waals surface area (Å²) in [6, 6.07) is 8.97. The van der Waals surface area contributed by atoms with Crippen LogP contribution in [0, 0.1) is 6.92 Å². The first-order valence-electron chi connectivity index (χ1n) is 7.69. The molecule has 0 heterocycles. The predicted octanol–water partition coefficient (Wildman–Crippen LogP) is 3.14. The molecule has 0 aliphatic rings. The van der Waals surface area contributed by atoms with Crippen LogP contribution in [0.1, 0.15) is 29.8 Å². The summed E-state index contributed by atoms with van der Waals surface area (Å²) in [6.07, 6.45) is 0.877. The molecule has 2 aromatic carbocycles. The Morgan fingerprint density at radius 2 is 1.84 bits per heavy atom. The molecule has 2 aromatic rings. The Morgan fingerprint density at radius 1 is 1.16 bits per heavy atom. The standard InChI is InChI=1S/C18H21NO5S/c1-11(2)24-17-8-6-13(25(4,22)23)10-14(17)18(21)19-15-7-5-12(3)9-16(15)20/h5-11,20H,1-4H3,(H,19,21). The molecule has 0 radical (unpaired) electrons. The van der Waals surface area contributed by atoms with Gasteiger partial charge in [0, 0.05) is 6.26 Å². The van der Waals surface area contributed by atoms with Crippen LogP contribution in [0.15, 0.2) is 41.3 Å². The molecule has 0 bridgehead atoms. The Hall–Kier alpha value is -2.54. The molecular formula is C18H21NO5S. The van der Waals surface area contributed by atoms with Crippen molar-refractivity contribution in [3.05, 3.63) is 47.5 Å². The number of anilines is 1. The number of ether oxygens (including phenoxy) is 1. The molecule has 0 aromatic heterocycles. The Labute approximate surface area is 147 Å². The Bertz CT molecular complexity index is 904. The number of aromatic hydroxyl groups is 1. The van der Waals surface area contributed by atoms with Crippen molar-refractivity contribution in [2.75, 3.05) is 11.6 Å². The number of carbonyl (C=O) groups is 1. The van der Waals surface area contributed by atoms with E-state index >= 15 is 0 Å². The van der Waals surface area contributed by atoms with Crippen LogP contribution in [0.2, 0.25) is 0 Å². The van der Waals surface area contributed by atoms with Crippen molar-refractivity contribution < 1.29 is 23.1 Å². The number of phenolic OH excluding ortho intramolecular Hbond substituents is 1. The lowest BCUT2D eigenvalue weighted by atomic mass is 10.1. The fourth-order valence-electron chi connectivity index (χ4n) is 2.21. The zero-order valence-corrected chi connectivity index (χ0v) is 15.3. The largest absolute Gasteiger partial charge is 0.506 e. The third-order valence-corrected chi connectivity index (χ3v) is 4.50. The first-order chi connectivity index (χ1) is 11.6.